The van der Waals surface area contributed by atoms with Crippen molar-refractivity contribution in [2.24, 2.45) is 0 Å². The predicted molar refractivity (Wildman–Crippen MR) is 75.1 cm³/mol. The van der Waals surface area contributed by atoms with Gasteiger partial charge < -0.3 is 10.0 Å². The van der Waals surface area contributed by atoms with Crippen LogP contribution >= 0.6 is 11.3 Å². The first-order valence-corrected chi connectivity index (χ1v) is 7.36. The maximum atomic E-state index is 11.4. The van der Waals surface area contributed by atoms with Crippen molar-refractivity contribution < 1.29 is 9.90 Å². The van der Waals surface area contributed by atoms with Gasteiger partial charge >= 0.3 is 0 Å². The summed E-state index contributed by atoms with van der Waals surface area (Å²) in [5.41, 5.74) is 1.08. The zero-order valence-corrected chi connectivity index (χ0v) is 12.5. The van der Waals surface area contributed by atoms with Crippen LogP contribution in [0.2, 0.25) is 0 Å². The molecule has 0 bridgehead atoms. The van der Waals surface area contributed by atoms with Crippen LogP contribution in [0.1, 0.15) is 22.5 Å². The van der Waals surface area contributed by atoms with Gasteiger partial charge in [0.15, 0.2) is 0 Å². The minimum absolute atomic E-state index is 0.0295. The molecular weight excluding hydrogens is 262 g/mol. The number of carbonyl (C=O) groups excluding carboxylic acids is 1. The van der Waals surface area contributed by atoms with Gasteiger partial charge in [0.25, 0.3) is 0 Å². The molecule has 1 aliphatic heterocycles. The monoisotopic (exact) mass is 283 g/mol. The number of aliphatic hydroxyl groups is 1. The largest absolute Gasteiger partial charge is 0.390 e. The molecule has 0 radical (unpaired) electrons. The number of thiazole rings is 1. The molecule has 5 nitrogen and oxygen atoms in total. The molecule has 1 atom stereocenters. The fraction of sp³-hybridized carbons (Fsp3) is 0.692. The van der Waals surface area contributed by atoms with Crippen LogP contribution in [0.3, 0.4) is 0 Å². The summed E-state index contributed by atoms with van der Waals surface area (Å²) in [5.74, 6) is 0.0295. The van der Waals surface area contributed by atoms with Crippen molar-refractivity contribution in [3.05, 3.63) is 15.6 Å². The Morgan fingerprint density at radius 3 is 2.74 bits per heavy atom. The van der Waals surface area contributed by atoms with Crippen molar-refractivity contribution in [3.8, 4) is 0 Å². The molecule has 1 aromatic rings. The fourth-order valence-corrected chi connectivity index (χ4v) is 3.26. The first-order valence-electron chi connectivity index (χ1n) is 6.54. The van der Waals surface area contributed by atoms with Gasteiger partial charge in [-0.25, -0.2) is 4.98 Å². The van der Waals surface area contributed by atoms with Crippen LogP contribution in [0.15, 0.2) is 0 Å². The van der Waals surface area contributed by atoms with E-state index in [2.05, 4.69) is 16.8 Å². The maximum absolute atomic E-state index is 11.4. The topological polar surface area (TPSA) is 56.7 Å². The number of carbonyl (C=O) groups is 1. The summed E-state index contributed by atoms with van der Waals surface area (Å²) in [4.78, 5) is 21.1. The molecule has 19 heavy (non-hydrogen) atoms. The lowest BCUT2D eigenvalue weighted by Crippen LogP contribution is -2.36. The van der Waals surface area contributed by atoms with Crippen LogP contribution < -0.4 is 0 Å². The number of aliphatic hydroxyl groups excluding tert-OH is 1. The molecule has 0 aliphatic carbocycles. The zero-order valence-electron chi connectivity index (χ0n) is 11.7. The van der Waals surface area contributed by atoms with E-state index in [1.165, 1.54) is 4.88 Å². The molecule has 106 valence electrons. The highest BCUT2D eigenvalue weighted by atomic mass is 32.1. The maximum Gasteiger partial charge on any atom is 0.219 e. The molecule has 2 heterocycles. The molecule has 1 aromatic heterocycles. The standard InChI is InChI=1S/C13H21N3O2S/c1-9-10(2)19-13(14-9)8-15-4-5-16(11(3)17)7-12(18)6-15/h12,18H,4-8H2,1-3H3/t12-/m1/s1. The third kappa shape index (κ3) is 3.75. The smallest absolute Gasteiger partial charge is 0.219 e. The van der Waals surface area contributed by atoms with Gasteiger partial charge in [-0.05, 0) is 13.8 Å². The number of hydrogen-bond acceptors (Lipinski definition) is 5. The van der Waals surface area contributed by atoms with Crippen LogP contribution in [0.4, 0.5) is 0 Å². The molecule has 0 aromatic carbocycles. The molecular formula is C13H21N3O2S. The lowest BCUT2D eigenvalue weighted by atomic mass is 10.3. The van der Waals surface area contributed by atoms with Crippen LogP contribution in [-0.4, -0.2) is 58.1 Å². The van der Waals surface area contributed by atoms with Crippen molar-refractivity contribution in [2.75, 3.05) is 26.2 Å². The number of β-amino-alcohol motifs (C(OH)–C–C–N with tert-alkyl or cyclic N) is 1. The summed E-state index contributed by atoms with van der Waals surface area (Å²) in [6, 6.07) is 0. The normalized spacial score (nSPS) is 21.5. The van der Waals surface area contributed by atoms with Gasteiger partial charge in [0.05, 0.1) is 18.3 Å². The Balaban J connectivity index is 1.99. The van der Waals surface area contributed by atoms with E-state index in [0.29, 0.717) is 19.6 Å². The Morgan fingerprint density at radius 1 is 1.42 bits per heavy atom. The van der Waals surface area contributed by atoms with Crippen LogP contribution in [-0.2, 0) is 11.3 Å². The minimum atomic E-state index is -0.478. The third-order valence-corrected chi connectivity index (χ3v) is 4.52. The molecule has 1 amide bonds. The van der Waals surface area contributed by atoms with Gasteiger partial charge in [0.1, 0.15) is 5.01 Å². The summed E-state index contributed by atoms with van der Waals surface area (Å²) in [5, 5.41) is 11.0. The second kappa shape index (κ2) is 5.98. The van der Waals surface area contributed by atoms with E-state index < -0.39 is 6.10 Å². The molecule has 1 N–H and O–H groups in total. The van der Waals surface area contributed by atoms with E-state index in [-0.39, 0.29) is 5.91 Å². The van der Waals surface area contributed by atoms with Crippen LogP contribution in [0, 0.1) is 13.8 Å². The molecule has 6 heteroatoms. The zero-order chi connectivity index (χ0) is 14.0. The second-order valence-electron chi connectivity index (χ2n) is 5.10. The van der Waals surface area contributed by atoms with Crippen LogP contribution in [0.5, 0.6) is 0 Å². The molecule has 2 rings (SSSR count). The summed E-state index contributed by atoms with van der Waals surface area (Å²) >= 11 is 1.71. The Kier molecular flexibility index (Phi) is 4.54. The van der Waals surface area contributed by atoms with Gasteiger partial charge in [0, 0.05) is 38.0 Å². The number of nitrogens with zero attached hydrogens (tertiary/aromatic N) is 3. The molecule has 0 saturated carbocycles. The van der Waals surface area contributed by atoms with E-state index >= 15 is 0 Å². The number of hydrogen-bond donors (Lipinski definition) is 1. The van der Waals surface area contributed by atoms with Gasteiger partial charge in [-0.3, -0.25) is 9.69 Å². The summed E-state index contributed by atoms with van der Waals surface area (Å²) < 4.78 is 0. The second-order valence-corrected chi connectivity index (χ2v) is 6.39. The molecule has 0 unspecified atom stereocenters. The minimum Gasteiger partial charge on any atom is -0.390 e. The van der Waals surface area contributed by atoms with Gasteiger partial charge in [0.2, 0.25) is 5.91 Å². The third-order valence-electron chi connectivity index (χ3n) is 3.46. The fourth-order valence-electron chi connectivity index (χ4n) is 2.28. The predicted octanol–water partition coefficient (Wildman–Crippen LogP) is 0.785. The number of aryl methyl sites for hydroxylation is 2. The first kappa shape index (κ1) is 14.4. The van der Waals surface area contributed by atoms with Crippen LogP contribution in [0.25, 0.3) is 0 Å². The van der Waals surface area contributed by atoms with Gasteiger partial charge in [-0.15, -0.1) is 11.3 Å². The Labute approximate surface area is 117 Å². The average Bonchev–Trinajstić information content (AvgIpc) is 2.53. The van der Waals surface area contributed by atoms with Crippen molar-refractivity contribution >= 4 is 17.2 Å². The summed E-state index contributed by atoms with van der Waals surface area (Å²) in [6.07, 6.45) is -0.478. The summed E-state index contributed by atoms with van der Waals surface area (Å²) in [6.45, 7) is 8.89. The van der Waals surface area contributed by atoms with Crippen molar-refractivity contribution in [3.63, 3.8) is 0 Å². The van der Waals surface area contributed by atoms with E-state index in [1.807, 2.05) is 6.92 Å². The Bertz CT molecular complexity index is 441. The molecule has 0 spiro atoms. The molecule has 1 fully saturated rings. The van der Waals surface area contributed by atoms with Crippen molar-refractivity contribution in [1.82, 2.24) is 14.8 Å². The van der Waals surface area contributed by atoms with E-state index in [1.54, 1.807) is 23.2 Å². The molecule has 1 saturated heterocycles. The average molecular weight is 283 g/mol. The lowest BCUT2D eigenvalue weighted by molar-refractivity contribution is -0.129. The Hall–Kier alpha value is -0.980. The first-order chi connectivity index (χ1) is 8.95. The highest BCUT2D eigenvalue weighted by Gasteiger charge is 2.23. The highest BCUT2D eigenvalue weighted by Crippen LogP contribution is 2.18. The molecule has 1 aliphatic rings. The number of amides is 1. The van der Waals surface area contributed by atoms with E-state index in [9.17, 15) is 9.90 Å². The lowest BCUT2D eigenvalue weighted by Gasteiger charge is -2.19. The number of rotatable bonds is 2. The van der Waals surface area contributed by atoms with Gasteiger partial charge in [-0.2, -0.15) is 0 Å². The van der Waals surface area contributed by atoms with Crippen molar-refractivity contribution in [2.45, 2.75) is 33.4 Å². The number of aromatic nitrogens is 1. The van der Waals surface area contributed by atoms with E-state index in [0.717, 1.165) is 23.8 Å². The Morgan fingerprint density at radius 2 is 2.16 bits per heavy atom. The SMILES string of the molecule is CC(=O)N1CCN(Cc2nc(C)c(C)s2)C[C@@H](O)C1. The highest BCUT2D eigenvalue weighted by molar-refractivity contribution is 7.11. The summed E-state index contributed by atoms with van der Waals surface area (Å²) in [7, 11) is 0. The quantitative estimate of drug-likeness (QED) is 0.871. The van der Waals surface area contributed by atoms with Crippen molar-refractivity contribution in [1.29, 1.82) is 0 Å². The van der Waals surface area contributed by atoms with E-state index in [4.69, 9.17) is 0 Å². The van der Waals surface area contributed by atoms with Gasteiger partial charge in [-0.1, -0.05) is 0 Å².